The van der Waals surface area contributed by atoms with Crippen molar-refractivity contribution < 1.29 is 55.1 Å². The van der Waals surface area contributed by atoms with Gasteiger partial charge in [-0.2, -0.15) is 0 Å². The molecule has 25 heavy (non-hydrogen) atoms. The van der Waals surface area contributed by atoms with Gasteiger partial charge in [0.05, 0.1) is 12.7 Å². The van der Waals surface area contributed by atoms with Crippen LogP contribution < -0.4 is 0 Å². The highest BCUT2D eigenvalue weighted by atomic mass is 16.8. The molecule has 0 aliphatic carbocycles. The van der Waals surface area contributed by atoms with Crippen molar-refractivity contribution in [3.63, 3.8) is 0 Å². The maximum absolute atomic E-state index is 10.2. The summed E-state index contributed by atoms with van der Waals surface area (Å²) in [5, 5.41) is 78.4. The van der Waals surface area contributed by atoms with E-state index in [4.69, 9.17) is 14.2 Å². The van der Waals surface area contributed by atoms with Crippen molar-refractivity contribution in [1.29, 1.82) is 0 Å². The van der Waals surface area contributed by atoms with E-state index < -0.39 is 73.6 Å². The summed E-state index contributed by atoms with van der Waals surface area (Å²) in [4.78, 5) is 0. The van der Waals surface area contributed by atoms with Gasteiger partial charge in [0.25, 0.3) is 0 Å². The summed E-state index contributed by atoms with van der Waals surface area (Å²) in [6.45, 7) is 1.80. The molecule has 11 atom stereocenters. The Bertz CT molecular complexity index is 446. The van der Waals surface area contributed by atoms with Gasteiger partial charge >= 0.3 is 0 Å². The summed E-state index contributed by atoms with van der Waals surface area (Å²) < 4.78 is 15.9. The molecule has 2 rings (SSSR count). The van der Waals surface area contributed by atoms with Crippen LogP contribution in [-0.2, 0) is 14.2 Å². The van der Waals surface area contributed by atoms with E-state index in [0.29, 0.717) is 0 Å². The molecule has 2 aliphatic rings. The molecule has 0 amide bonds. The zero-order valence-electron chi connectivity index (χ0n) is 13.8. The van der Waals surface area contributed by atoms with Gasteiger partial charge in [0.15, 0.2) is 12.1 Å². The molecule has 0 aromatic carbocycles. The normalized spacial score (nSPS) is 52.8. The average Bonchev–Trinajstić information content (AvgIpc) is 2.57. The summed E-state index contributed by atoms with van der Waals surface area (Å²) in [6, 6.07) is 0. The van der Waals surface area contributed by atoms with Gasteiger partial charge in [-0.05, 0) is 13.8 Å². The van der Waals surface area contributed by atoms with Gasteiger partial charge < -0.3 is 55.1 Å². The van der Waals surface area contributed by atoms with Gasteiger partial charge in [-0.25, -0.2) is 0 Å². The Morgan fingerprint density at radius 1 is 0.960 bits per heavy atom. The molecular weight excluding hydrogens is 344 g/mol. The lowest BCUT2D eigenvalue weighted by molar-refractivity contribution is -0.419. The zero-order chi connectivity index (χ0) is 19.1. The van der Waals surface area contributed by atoms with Crippen LogP contribution in [0.3, 0.4) is 0 Å². The van der Waals surface area contributed by atoms with Crippen LogP contribution >= 0.6 is 0 Å². The van der Waals surface area contributed by atoms with E-state index in [1.165, 1.54) is 13.8 Å². The van der Waals surface area contributed by atoms with Gasteiger partial charge in [0.2, 0.25) is 0 Å². The lowest BCUT2D eigenvalue weighted by atomic mass is 9.91. The van der Waals surface area contributed by atoms with Gasteiger partial charge in [-0.1, -0.05) is 0 Å². The second kappa shape index (κ2) is 7.66. The first kappa shape index (κ1) is 20.9. The number of hydrogen-bond donors (Lipinski definition) is 8. The molecule has 2 saturated heterocycles. The van der Waals surface area contributed by atoms with Crippen molar-refractivity contribution in [3.8, 4) is 0 Å². The standard InChI is InChI=1S/C14H26O11/c1-4(16)11-8(19)9(20)12(22)14(2,24-11)25-13-10(21)7(18)6(17)5(3-15)23-13/h4-13,15-22H,3H2,1-2H3/t4?,5-,6-,7+,8+,9+,10-,11-,12+,13+,14-/m1/s1. The third kappa shape index (κ3) is 3.82. The minimum atomic E-state index is -2.03. The van der Waals surface area contributed by atoms with Crippen LogP contribution in [0.4, 0.5) is 0 Å². The van der Waals surface area contributed by atoms with E-state index in [2.05, 4.69) is 0 Å². The van der Waals surface area contributed by atoms with E-state index in [1.807, 2.05) is 0 Å². The first-order valence-corrected chi connectivity index (χ1v) is 7.92. The highest BCUT2D eigenvalue weighted by molar-refractivity contribution is 4.98. The van der Waals surface area contributed by atoms with Crippen molar-refractivity contribution in [2.24, 2.45) is 0 Å². The summed E-state index contributed by atoms with van der Waals surface area (Å²) in [5.74, 6) is -2.03. The zero-order valence-corrected chi connectivity index (χ0v) is 13.8. The molecule has 0 radical (unpaired) electrons. The van der Waals surface area contributed by atoms with Crippen LogP contribution in [0.15, 0.2) is 0 Å². The SMILES string of the molecule is CC(O)[C@H]1O[C@](C)(O[C@@H]2O[C@H](CO)[C@@H](O)[C@H](O)[C@H]2O)[C@@H](O)[C@@H](O)[C@@H]1O. The number of hydrogen-bond acceptors (Lipinski definition) is 11. The minimum absolute atomic E-state index is 0.678. The fraction of sp³-hybridized carbons (Fsp3) is 1.00. The maximum atomic E-state index is 10.2. The Morgan fingerprint density at radius 2 is 1.56 bits per heavy atom. The van der Waals surface area contributed by atoms with Gasteiger partial charge in [0.1, 0.15) is 48.8 Å². The molecule has 1 unspecified atom stereocenters. The second-order valence-corrected chi connectivity index (χ2v) is 6.58. The van der Waals surface area contributed by atoms with E-state index in [1.54, 1.807) is 0 Å². The lowest BCUT2D eigenvalue weighted by Gasteiger charge is -2.50. The summed E-state index contributed by atoms with van der Waals surface area (Å²) in [7, 11) is 0. The van der Waals surface area contributed by atoms with Gasteiger partial charge in [-0.15, -0.1) is 0 Å². The smallest absolute Gasteiger partial charge is 0.197 e. The number of ether oxygens (including phenoxy) is 3. The van der Waals surface area contributed by atoms with E-state index >= 15 is 0 Å². The molecule has 11 nitrogen and oxygen atoms in total. The van der Waals surface area contributed by atoms with E-state index in [-0.39, 0.29) is 0 Å². The maximum Gasteiger partial charge on any atom is 0.197 e. The van der Waals surface area contributed by atoms with E-state index in [0.717, 1.165) is 0 Å². The second-order valence-electron chi connectivity index (χ2n) is 6.58. The molecule has 8 N–H and O–H groups in total. The fourth-order valence-electron chi connectivity index (χ4n) is 2.98. The Hall–Kier alpha value is -0.440. The molecule has 2 aliphatic heterocycles. The predicted octanol–water partition coefficient (Wildman–Crippen LogP) is -4.62. The van der Waals surface area contributed by atoms with Crippen molar-refractivity contribution in [3.05, 3.63) is 0 Å². The first-order chi connectivity index (χ1) is 11.5. The predicted molar refractivity (Wildman–Crippen MR) is 77.8 cm³/mol. The molecule has 148 valence electrons. The molecule has 0 spiro atoms. The third-order valence-electron chi connectivity index (χ3n) is 4.59. The monoisotopic (exact) mass is 370 g/mol. The summed E-state index contributed by atoms with van der Waals surface area (Å²) in [6.07, 6.45) is -15.6. The average molecular weight is 370 g/mol. The Balaban J connectivity index is 2.21. The molecule has 2 heterocycles. The van der Waals surface area contributed by atoms with Crippen molar-refractivity contribution in [1.82, 2.24) is 0 Å². The van der Waals surface area contributed by atoms with Crippen LogP contribution in [0.5, 0.6) is 0 Å². The Kier molecular flexibility index (Phi) is 6.40. The number of aliphatic hydroxyl groups is 8. The van der Waals surface area contributed by atoms with Crippen LogP contribution in [0, 0.1) is 0 Å². The molecule has 0 aromatic rings. The summed E-state index contributed by atoms with van der Waals surface area (Å²) >= 11 is 0. The highest BCUT2D eigenvalue weighted by Gasteiger charge is 2.56. The number of rotatable bonds is 4. The van der Waals surface area contributed by atoms with Gasteiger partial charge in [0, 0.05) is 0 Å². The highest BCUT2D eigenvalue weighted by Crippen LogP contribution is 2.35. The third-order valence-corrected chi connectivity index (χ3v) is 4.59. The van der Waals surface area contributed by atoms with Crippen LogP contribution in [0.25, 0.3) is 0 Å². The number of aliphatic hydroxyl groups excluding tert-OH is 8. The van der Waals surface area contributed by atoms with Gasteiger partial charge in [-0.3, -0.25) is 0 Å². The minimum Gasteiger partial charge on any atom is -0.394 e. The van der Waals surface area contributed by atoms with Crippen LogP contribution in [0.2, 0.25) is 0 Å². The van der Waals surface area contributed by atoms with E-state index in [9.17, 15) is 40.9 Å². The van der Waals surface area contributed by atoms with Crippen molar-refractivity contribution in [2.75, 3.05) is 6.61 Å². The molecule has 2 fully saturated rings. The summed E-state index contributed by atoms with van der Waals surface area (Å²) in [5.41, 5.74) is 0. The Labute approximate surface area is 143 Å². The van der Waals surface area contributed by atoms with Crippen molar-refractivity contribution >= 4 is 0 Å². The molecule has 0 bridgehead atoms. The first-order valence-electron chi connectivity index (χ1n) is 7.92. The topological polar surface area (TPSA) is 190 Å². The fourth-order valence-corrected chi connectivity index (χ4v) is 2.98. The molecule has 0 saturated carbocycles. The van der Waals surface area contributed by atoms with Crippen molar-refractivity contribution in [2.45, 2.75) is 80.9 Å². The molecular formula is C14H26O11. The quantitative estimate of drug-likeness (QED) is 0.238. The lowest BCUT2D eigenvalue weighted by Crippen LogP contribution is -2.69. The molecule has 11 heteroatoms. The largest absolute Gasteiger partial charge is 0.394 e. The van der Waals surface area contributed by atoms with Crippen LogP contribution in [-0.4, -0.2) is 114 Å². The van der Waals surface area contributed by atoms with Crippen LogP contribution in [0.1, 0.15) is 13.8 Å². The molecule has 0 aromatic heterocycles. The Morgan fingerprint density at radius 3 is 2.08 bits per heavy atom.